The minimum absolute atomic E-state index is 0.209. The van der Waals surface area contributed by atoms with Gasteiger partial charge in [0.05, 0.1) is 17.9 Å². The summed E-state index contributed by atoms with van der Waals surface area (Å²) in [4.78, 5) is 26.1. The molecule has 0 saturated heterocycles. The molecule has 0 amide bonds. The van der Waals surface area contributed by atoms with Crippen LogP contribution >= 0.6 is 0 Å². The van der Waals surface area contributed by atoms with E-state index in [0.29, 0.717) is 17.9 Å². The van der Waals surface area contributed by atoms with Crippen LogP contribution in [0.5, 0.6) is 0 Å². The molecule has 4 heteroatoms. The van der Waals surface area contributed by atoms with E-state index < -0.39 is 0 Å². The lowest BCUT2D eigenvalue weighted by molar-refractivity contribution is -0.0356. The zero-order valence-electron chi connectivity index (χ0n) is 15.2. The third-order valence-electron chi connectivity index (χ3n) is 6.90. The highest BCUT2D eigenvalue weighted by Crippen LogP contribution is 2.61. The number of hydrogen-bond donors (Lipinski definition) is 0. The molecular formula is C22H25NO3. The van der Waals surface area contributed by atoms with Crippen LogP contribution in [-0.4, -0.2) is 22.8 Å². The van der Waals surface area contributed by atoms with Gasteiger partial charge in [-0.05, 0) is 87.5 Å². The second-order valence-corrected chi connectivity index (χ2v) is 8.68. The molecule has 0 spiro atoms. The number of esters is 1. The van der Waals surface area contributed by atoms with Crippen LogP contribution in [0.1, 0.15) is 66.3 Å². The summed E-state index contributed by atoms with van der Waals surface area (Å²) in [7, 11) is 0. The Hall–Kier alpha value is -2.10. The van der Waals surface area contributed by atoms with Crippen molar-refractivity contribution in [1.29, 1.82) is 0 Å². The van der Waals surface area contributed by atoms with E-state index in [-0.39, 0.29) is 17.2 Å². The maximum Gasteiger partial charge on any atom is 0.338 e. The summed E-state index contributed by atoms with van der Waals surface area (Å²) in [6.45, 7) is 2.14. The summed E-state index contributed by atoms with van der Waals surface area (Å²) in [5, 5.41) is 0. The first-order valence-electron chi connectivity index (χ1n) is 9.91. The van der Waals surface area contributed by atoms with E-state index >= 15 is 0 Å². The molecule has 0 aromatic carbocycles. The molecular weight excluding hydrogens is 326 g/mol. The van der Waals surface area contributed by atoms with Gasteiger partial charge in [-0.25, -0.2) is 4.79 Å². The smallest absolute Gasteiger partial charge is 0.338 e. The summed E-state index contributed by atoms with van der Waals surface area (Å²) in [6, 6.07) is 7.44. The van der Waals surface area contributed by atoms with Gasteiger partial charge in [0.25, 0.3) is 0 Å². The van der Waals surface area contributed by atoms with Crippen LogP contribution in [-0.2, 0) is 4.74 Å². The number of carbonyl (C=O) groups is 2. The molecule has 2 aromatic rings. The van der Waals surface area contributed by atoms with Crippen molar-refractivity contribution in [2.24, 2.45) is 23.2 Å². The second kappa shape index (κ2) is 5.70. The van der Waals surface area contributed by atoms with Crippen LogP contribution in [0.3, 0.4) is 0 Å². The van der Waals surface area contributed by atoms with Gasteiger partial charge in [-0.1, -0.05) is 0 Å². The molecule has 0 radical (unpaired) electrons. The molecule has 0 atom stereocenters. The van der Waals surface area contributed by atoms with Crippen LogP contribution in [0.15, 0.2) is 30.5 Å². The number of fused-ring (bicyclic) bond motifs is 1. The van der Waals surface area contributed by atoms with Crippen molar-refractivity contribution >= 4 is 17.3 Å². The molecule has 4 nitrogen and oxygen atoms in total. The highest BCUT2D eigenvalue weighted by atomic mass is 16.5. The van der Waals surface area contributed by atoms with E-state index in [1.807, 2.05) is 28.8 Å². The van der Waals surface area contributed by atoms with Gasteiger partial charge in [-0.2, -0.15) is 0 Å². The van der Waals surface area contributed by atoms with Crippen molar-refractivity contribution in [3.63, 3.8) is 0 Å². The van der Waals surface area contributed by atoms with Gasteiger partial charge < -0.3 is 9.14 Å². The van der Waals surface area contributed by atoms with Crippen molar-refractivity contribution in [3.05, 3.63) is 41.7 Å². The summed E-state index contributed by atoms with van der Waals surface area (Å²) in [5.41, 5.74) is 1.80. The molecule has 4 aliphatic carbocycles. The maximum atomic E-state index is 13.8. The summed E-state index contributed by atoms with van der Waals surface area (Å²) in [6.07, 6.45) is 8.97. The monoisotopic (exact) mass is 351 g/mol. The number of carbonyl (C=O) groups excluding carboxylic acids is 2. The normalized spacial score (nSPS) is 32.1. The van der Waals surface area contributed by atoms with Gasteiger partial charge in [0.2, 0.25) is 0 Å². The second-order valence-electron chi connectivity index (χ2n) is 8.68. The molecule has 4 fully saturated rings. The highest BCUT2D eigenvalue weighted by molar-refractivity contribution is 6.02. The standard InChI is InChI=1S/C22H25NO3/c1-2-26-21(25)17-9-18-4-3-5-23(18)19(10-17)20(24)22-11-14-6-15(12-22)8-16(7-14)13-22/h3-5,9-10,14-16H,2,6-8,11-13H2,1H3. The van der Waals surface area contributed by atoms with Crippen molar-refractivity contribution in [3.8, 4) is 0 Å². The van der Waals surface area contributed by atoms with E-state index in [0.717, 1.165) is 42.5 Å². The summed E-state index contributed by atoms with van der Waals surface area (Å²) < 4.78 is 7.13. The fourth-order valence-electron chi connectivity index (χ4n) is 6.32. The molecule has 0 N–H and O–H groups in total. The van der Waals surface area contributed by atoms with Gasteiger partial charge >= 0.3 is 5.97 Å². The first-order valence-corrected chi connectivity index (χ1v) is 9.91. The van der Waals surface area contributed by atoms with E-state index in [1.54, 1.807) is 13.0 Å². The Bertz CT molecular complexity index is 859. The van der Waals surface area contributed by atoms with Crippen molar-refractivity contribution in [1.82, 2.24) is 4.40 Å². The number of pyridine rings is 1. The van der Waals surface area contributed by atoms with Crippen LogP contribution in [0.4, 0.5) is 0 Å². The molecule has 0 aliphatic heterocycles. The predicted molar refractivity (Wildman–Crippen MR) is 98.3 cm³/mol. The van der Waals surface area contributed by atoms with Crippen LogP contribution in [0.2, 0.25) is 0 Å². The van der Waals surface area contributed by atoms with Gasteiger partial charge in [0.1, 0.15) is 0 Å². The average molecular weight is 351 g/mol. The SMILES string of the molecule is CCOC(=O)c1cc(C(=O)C23CC4CC(CC(C4)C2)C3)n2cccc2c1. The number of nitrogens with zero attached hydrogens (tertiary/aromatic N) is 1. The molecule has 136 valence electrons. The van der Waals surface area contributed by atoms with Crippen molar-refractivity contribution in [2.75, 3.05) is 6.61 Å². The molecule has 26 heavy (non-hydrogen) atoms. The van der Waals surface area contributed by atoms with Crippen LogP contribution in [0.25, 0.3) is 5.52 Å². The van der Waals surface area contributed by atoms with E-state index in [4.69, 9.17) is 4.74 Å². The third-order valence-corrected chi connectivity index (χ3v) is 6.90. The lowest BCUT2D eigenvalue weighted by Crippen LogP contribution is -2.50. The largest absolute Gasteiger partial charge is 0.462 e. The third kappa shape index (κ3) is 2.34. The minimum atomic E-state index is -0.351. The van der Waals surface area contributed by atoms with Crippen molar-refractivity contribution in [2.45, 2.75) is 45.4 Å². The molecule has 6 rings (SSSR count). The van der Waals surface area contributed by atoms with Crippen LogP contribution < -0.4 is 0 Å². The first-order chi connectivity index (χ1) is 12.6. The Morgan fingerprint density at radius 2 is 1.77 bits per heavy atom. The Labute approximate surface area is 153 Å². The van der Waals surface area contributed by atoms with Crippen LogP contribution in [0, 0.1) is 23.2 Å². The molecule has 2 aromatic heterocycles. The number of aromatic nitrogens is 1. The van der Waals surface area contributed by atoms with Gasteiger partial charge in [0, 0.05) is 17.1 Å². The number of ketones is 1. The molecule has 4 saturated carbocycles. The van der Waals surface area contributed by atoms with E-state index in [2.05, 4.69) is 0 Å². The highest BCUT2D eigenvalue weighted by Gasteiger charge is 2.54. The quantitative estimate of drug-likeness (QED) is 0.601. The molecule has 4 bridgehead atoms. The van der Waals surface area contributed by atoms with E-state index in [1.165, 1.54) is 19.3 Å². The Kier molecular flexibility index (Phi) is 3.53. The van der Waals surface area contributed by atoms with Crippen molar-refractivity contribution < 1.29 is 14.3 Å². The Morgan fingerprint density at radius 3 is 2.38 bits per heavy atom. The topological polar surface area (TPSA) is 47.8 Å². The fraction of sp³-hybridized carbons (Fsp3) is 0.545. The number of Topliss-reactive ketones (excluding diaryl/α,β-unsaturated/α-hetero) is 1. The number of rotatable bonds is 4. The van der Waals surface area contributed by atoms with Gasteiger partial charge in [0.15, 0.2) is 5.78 Å². The lowest BCUT2D eigenvalue weighted by atomic mass is 9.48. The lowest BCUT2D eigenvalue weighted by Gasteiger charge is -2.55. The molecule has 2 heterocycles. The maximum absolute atomic E-state index is 13.8. The first kappa shape index (κ1) is 16.1. The zero-order valence-corrected chi connectivity index (χ0v) is 15.2. The summed E-state index contributed by atoms with van der Waals surface area (Å²) >= 11 is 0. The zero-order chi connectivity index (χ0) is 17.9. The van der Waals surface area contributed by atoms with E-state index in [9.17, 15) is 9.59 Å². The minimum Gasteiger partial charge on any atom is -0.462 e. The fourth-order valence-corrected chi connectivity index (χ4v) is 6.32. The summed E-state index contributed by atoms with van der Waals surface area (Å²) in [5.74, 6) is 2.05. The average Bonchev–Trinajstić information content (AvgIpc) is 3.08. The Morgan fingerprint density at radius 1 is 1.12 bits per heavy atom. The molecule has 4 aliphatic rings. The number of ether oxygens (including phenoxy) is 1. The van der Waals surface area contributed by atoms with Gasteiger partial charge in [-0.15, -0.1) is 0 Å². The Balaban J connectivity index is 1.59. The predicted octanol–water partition coefficient (Wildman–Crippen LogP) is 4.52. The molecule has 0 unspecified atom stereocenters. The van der Waals surface area contributed by atoms with Gasteiger partial charge in [-0.3, -0.25) is 4.79 Å². The number of hydrogen-bond acceptors (Lipinski definition) is 3.